The van der Waals surface area contributed by atoms with E-state index in [9.17, 15) is 5.26 Å². The molecule has 3 nitrogen and oxygen atoms in total. The summed E-state index contributed by atoms with van der Waals surface area (Å²) in [7, 11) is 1.68. The van der Waals surface area contributed by atoms with Crippen LogP contribution in [0.1, 0.15) is 24.0 Å². The molecule has 0 aliphatic heterocycles. The molecule has 3 heteroatoms. The number of allylic oxidation sites excluding steroid dienone is 4. The summed E-state index contributed by atoms with van der Waals surface area (Å²) in [6.45, 7) is 0. The fourth-order valence-corrected chi connectivity index (χ4v) is 4.08. The molecule has 0 atom stereocenters. The first-order valence-corrected chi connectivity index (χ1v) is 9.61. The van der Waals surface area contributed by atoms with Gasteiger partial charge in [0.05, 0.1) is 29.9 Å². The van der Waals surface area contributed by atoms with Gasteiger partial charge in [0.25, 0.3) is 0 Å². The smallest absolute Gasteiger partial charge is 0.120 e. The topological polar surface area (TPSA) is 38.0 Å². The lowest BCUT2D eigenvalue weighted by molar-refractivity contribution is 0.415. The average molecular weight is 374 g/mol. The number of methoxy groups -OCH3 is 1. The van der Waals surface area contributed by atoms with Gasteiger partial charge in [0.1, 0.15) is 11.3 Å². The van der Waals surface area contributed by atoms with Crippen molar-refractivity contribution in [3.05, 3.63) is 90.0 Å². The third-order valence-corrected chi connectivity index (χ3v) is 5.46. The van der Waals surface area contributed by atoms with Crippen LogP contribution in [0.4, 0.5) is 0 Å². The zero-order valence-electron chi connectivity index (χ0n) is 16.1. The minimum Gasteiger partial charge on any atom is -0.497 e. The summed E-state index contributed by atoms with van der Waals surface area (Å²) in [6.07, 6.45) is 8.37. The fourth-order valence-electron chi connectivity index (χ4n) is 4.08. The molecule has 0 radical (unpaired) electrons. The van der Waals surface area contributed by atoms with Crippen molar-refractivity contribution in [2.45, 2.75) is 12.8 Å². The van der Waals surface area contributed by atoms with Crippen LogP contribution < -0.4 is 4.74 Å². The minimum atomic E-state index is 0.660. The van der Waals surface area contributed by atoms with Gasteiger partial charge in [-0.1, -0.05) is 24.3 Å². The lowest BCUT2D eigenvalue weighted by Crippen LogP contribution is -2.01. The summed E-state index contributed by atoms with van der Waals surface area (Å²) in [5.41, 5.74) is 6.02. The third kappa shape index (κ3) is 2.76. The summed E-state index contributed by atoms with van der Waals surface area (Å²) in [5.74, 6) is 0.806. The zero-order chi connectivity index (χ0) is 19.8. The number of hydrogen-bond acceptors (Lipinski definition) is 2. The molecule has 0 unspecified atom stereocenters. The largest absolute Gasteiger partial charge is 0.497 e. The van der Waals surface area contributed by atoms with E-state index in [-0.39, 0.29) is 0 Å². The van der Waals surface area contributed by atoms with Gasteiger partial charge in [-0.2, -0.15) is 5.26 Å². The van der Waals surface area contributed by atoms with Crippen LogP contribution in [0.25, 0.3) is 33.1 Å². The van der Waals surface area contributed by atoms with Gasteiger partial charge in [0, 0.05) is 22.4 Å². The molecule has 0 spiro atoms. The first kappa shape index (κ1) is 17.2. The van der Waals surface area contributed by atoms with Crippen molar-refractivity contribution in [1.29, 1.82) is 5.26 Å². The molecule has 1 aliphatic rings. The van der Waals surface area contributed by atoms with Gasteiger partial charge in [-0.15, -0.1) is 0 Å². The summed E-state index contributed by atoms with van der Waals surface area (Å²) in [6, 6.07) is 24.7. The number of ether oxygens (including phenoxy) is 1. The number of nitrogens with zero attached hydrogens (tertiary/aromatic N) is 2. The SMILES string of the molecule is COc1ccc2c3ccc#cc3n(-c3ccc(C#N)cc3C3=CC=CCC3)c2c1. The lowest BCUT2D eigenvalue weighted by atomic mass is 9.94. The van der Waals surface area contributed by atoms with Crippen LogP contribution >= 0.6 is 0 Å². The predicted molar refractivity (Wildman–Crippen MR) is 116 cm³/mol. The molecular formula is C26H18N2O. The van der Waals surface area contributed by atoms with Gasteiger partial charge in [-0.05, 0) is 66.9 Å². The van der Waals surface area contributed by atoms with Crippen molar-refractivity contribution in [3.63, 3.8) is 0 Å². The first-order valence-electron chi connectivity index (χ1n) is 9.61. The van der Waals surface area contributed by atoms with Crippen molar-refractivity contribution in [2.75, 3.05) is 7.11 Å². The van der Waals surface area contributed by atoms with Crippen LogP contribution in [0.5, 0.6) is 5.75 Å². The van der Waals surface area contributed by atoms with Crippen molar-refractivity contribution in [3.8, 4) is 17.5 Å². The molecule has 1 heterocycles. The maximum atomic E-state index is 9.48. The lowest BCUT2D eigenvalue weighted by Gasteiger charge is -2.17. The van der Waals surface area contributed by atoms with E-state index >= 15 is 0 Å². The Morgan fingerprint density at radius 3 is 2.83 bits per heavy atom. The molecule has 0 saturated heterocycles. The monoisotopic (exact) mass is 374 g/mol. The van der Waals surface area contributed by atoms with Crippen molar-refractivity contribution >= 4 is 27.4 Å². The summed E-state index contributed by atoms with van der Waals surface area (Å²) in [4.78, 5) is 0. The van der Waals surface area contributed by atoms with Crippen molar-refractivity contribution in [2.24, 2.45) is 0 Å². The van der Waals surface area contributed by atoms with Crippen molar-refractivity contribution < 1.29 is 4.74 Å². The molecule has 1 aliphatic carbocycles. The highest BCUT2D eigenvalue weighted by molar-refractivity contribution is 6.09. The van der Waals surface area contributed by atoms with E-state index in [0.717, 1.165) is 51.6 Å². The molecule has 29 heavy (non-hydrogen) atoms. The normalized spacial score (nSPS) is 13.2. The van der Waals surface area contributed by atoms with E-state index in [2.05, 4.69) is 59.2 Å². The zero-order valence-corrected chi connectivity index (χ0v) is 16.1. The first-order chi connectivity index (χ1) is 14.3. The number of aromatic nitrogens is 1. The number of fused-ring (bicyclic) bond motifs is 3. The van der Waals surface area contributed by atoms with Gasteiger partial charge in [0.2, 0.25) is 0 Å². The number of rotatable bonds is 3. The Hall–Kier alpha value is -3.95. The number of nitriles is 1. The summed E-state index contributed by atoms with van der Waals surface area (Å²) in [5, 5.41) is 11.7. The second-order valence-corrected chi connectivity index (χ2v) is 7.09. The average Bonchev–Trinajstić information content (AvgIpc) is 3.12. The molecule has 0 saturated carbocycles. The molecule has 1 aromatic heterocycles. The van der Waals surface area contributed by atoms with Gasteiger partial charge in [0.15, 0.2) is 0 Å². The van der Waals surface area contributed by atoms with Crippen LogP contribution in [0.2, 0.25) is 0 Å². The fraction of sp³-hybridized carbons (Fsp3) is 0.115. The Bertz CT molecular complexity index is 1350. The summed E-state index contributed by atoms with van der Waals surface area (Å²) < 4.78 is 7.70. The van der Waals surface area contributed by atoms with Crippen LogP contribution in [0, 0.1) is 23.5 Å². The molecule has 0 bridgehead atoms. The van der Waals surface area contributed by atoms with E-state index in [1.807, 2.05) is 30.3 Å². The summed E-state index contributed by atoms with van der Waals surface area (Å²) >= 11 is 0. The maximum absolute atomic E-state index is 9.48. The Morgan fingerprint density at radius 2 is 2.03 bits per heavy atom. The molecule has 138 valence electrons. The Balaban J connectivity index is 1.89. The Morgan fingerprint density at radius 1 is 1.10 bits per heavy atom. The van der Waals surface area contributed by atoms with Crippen LogP contribution in [0.15, 0.2) is 66.8 Å². The van der Waals surface area contributed by atoms with Crippen LogP contribution in [-0.2, 0) is 0 Å². The standard InChI is InChI=1S/C26H18N2O/c1-29-20-12-13-22-21-9-5-6-10-24(21)28(26(22)16-20)25-14-11-18(17-27)15-23(25)19-7-3-2-4-8-19/h2-3,5,7,9,11-16H,4,8H2,1H3. The van der Waals surface area contributed by atoms with E-state index in [4.69, 9.17) is 4.74 Å². The molecule has 3 aromatic carbocycles. The van der Waals surface area contributed by atoms with Crippen LogP contribution in [0.3, 0.4) is 0 Å². The predicted octanol–water partition coefficient (Wildman–Crippen LogP) is 6.00. The molecular weight excluding hydrogens is 356 g/mol. The molecule has 5 rings (SSSR count). The highest BCUT2D eigenvalue weighted by Gasteiger charge is 2.18. The number of benzene rings is 2. The van der Waals surface area contributed by atoms with Gasteiger partial charge >= 0.3 is 0 Å². The molecule has 0 amide bonds. The third-order valence-electron chi connectivity index (χ3n) is 5.46. The van der Waals surface area contributed by atoms with Crippen molar-refractivity contribution in [1.82, 2.24) is 4.57 Å². The minimum absolute atomic E-state index is 0.660. The molecule has 0 N–H and O–H groups in total. The highest BCUT2D eigenvalue weighted by atomic mass is 16.5. The van der Waals surface area contributed by atoms with Gasteiger partial charge in [-0.25, -0.2) is 0 Å². The van der Waals surface area contributed by atoms with Gasteiger partial charge in [-0.3, -0.25) is 0 Å². The molecule has 4 aromatic rings. The van der Waals surface area contributed by atoms with Crippen LogP contribution in [-0.4, -0.2) is 11.7 Å². The maximum Gasteiger partial charge on any atom is 0.120 e. The second kappa shape index (κ2) is 6.89. The highest BCUT2D eigenvalue weighted by Crippen LogP contribution is 2.37. The van der Waals surface area contributed by atoms with Gasteiger partial charge < -0.3 is 9.30 Å². The molecule has 0 fully saturated rings. The Kier molecular flexibility index (Phi) is 4.08. The second-order valence-electron chi connectivity index (χ2n) is 7.09. The van der Waals surface area contributed by atoms with E-state index < -0.39 is 0 Å². The van der Waals surface area contributed by atoms with E-state index in [0.29, 0.717) is 5.56 Å². The van der Waals surface area contributed by atoms with E-state index in [1.165, 1.54) is 5.57 Å². The quantitative estimate of drug-likeness (QED) is 0.441. The Labute approximate surface area is 169 Å². The number of hydrogen-bond donors (Lipinski definition) is 0. The van der Waals surface area contributed by atoms with E-state index in [1.54, 1.807) is 7.11 Å².